The lowest BCUT2D eigenvalue weighted by molar-refractivity contribution is 0.907. The van der Waals surface area contributed by atoms with E-state index in [4.69, 9.17) is 0 Å². The Bertz CT molecular complexity index is 590. The van der Waals surface area contributed by atoms with Gasteiger partial charge in [-0.25, -0.2) is 9.97 Å². The van der Waals surface area contributed by atoms with Crippen molar-refractivity contribution >= 4 is 0 Å². The number of hydrogen-bond acceptors (Lipinski definition) is 3. The fourth-order valence-electron chi connectivity index (χ4n) is 1.79. The molecule has 0 saturated carbocycles. The highest BCUT2D eigenvalue weighted by Crippen LogP contribution is 2.20. The molecule has 3 heterocycles. The van der Waals surface area contributed by atoms with Crippen LogP contribution in [0.25, 0.3) is 23.0 Å². The van der Waals surface area contributed by atoms with Crippen LogP contribution in [0.5, 0.6) is 0 Å². The van der Waals surface area contributed by atoms with Crippen LogP contribution in [0.3, 0.4) is 0 Å². The molecule has 3 aromatic heterocycles. The highest BCUT2D eigenvalue weighted by Gasteiger charge is 2.11. The molecule has 17 heavy (non-hydrogen) atoms. The van der Waals surface area contributed by atoms with Gasteiger partial charge >= 0.3 is 0 Å². The molecule has 86 valence electrons. The number of nitrogens with one attached hydrogen (secondary N) is 1. The first-order valence-electron chi connectivity index (χ1n) is 5.26. The lowest BCUT2D eigenvalue weighted by Crippen LogP contribution is -1.91. The molecule has 3 rings (SSSR count). The van der Waals surface area contributed by atoms with Crippen molar-refractivity contribution in [1.82, 2.24) is 29.3 Å². The highest BCUT2D eigenvalue weighted by atomic mass is 15.2. The second-order valence-corrected chi connectivity index (χ2v) is 3.89. The maximum absolute atomic E-state index is 4.27. The first-order valence-corrected chi connectivity index (χ1v) is 5.26. The summed E-state index contributed by atoms with van der Waals surface area (Å²) < 4.78 is 3.87. The maximum Gasteiger partial charge on any atom is 0.160 e. The molecule has 0 spiro atoms. The van der Waals surface area contributed by atoms with Gasteiger partial charge in [0, 0.05) is 38.9 Å². The van der Waals surface area contributed by atoms with E-state index in [-0.39, 0.29) is 0 Å². The van der Waals surface area contributed by atoms with Crippen LogP contribution in [0, 0.1) is 0 Å². The molecule has 3 aromatic rings. The average molecular weight is 228 g/mol. The van der Waals surface area contributed by atoms with Crippen LogP contribution in [0.1, 0.15) is 0 Å². The Morgan fingerprint density at radius 1 is 1.00 bits per heavy atom. The van der Waals surface area contributed by atoms with Gasteiger partial charge < -0.3 is 9.13 Å². The molecule has 0 unspecified atom stereocenters. The maximum atomic E-state index is 4.27. The van der Waals surface area contributed by atoms with Crippen LogP contribution in [-0.4, -0.2) is 29.3 Å². The van der Waals surface area contributed by atoms with Crippen LogP contribution in [0.4, 0.5) is 0 Å². The van der Waals surface area contributed by atoms with Crippen molar-refractivity contribution in [1.29, 1.82) is 0 Å². The molecular weight excluding hydrogens is 216 g/mol. The fraction of sp³-hybridized carbons (Fsp3) is 0.182. The van der Waals surface area contributed by atoms with Gasteiger partial charge in [-0.15, -0.1) is 0 Å². The summed E-state index contributed by atoms with van der Waals surface area (Å²) >= 11 is 0. The van der Waals surface area contributed by atoms with Crippen LogP contribution >= 0.6 is 0 Å². The van der Waals surface area contributed by atoms with Crippen molar-refractivity contribution in [3.05, 3.63) is 30.9 Å². The summed E-state index contributed by atoms with van der Waals surface area (Å²) in [6.07, 6.45) is 7.31. The van der Waals surface area contributed by atoms with E-state index in [1.165, 1.54) is 0 Å². The van der Waals surface area contributed by atoms with E-state index in [0.29, 0.717) is 0 Å². The summed E-state index contributed by atoms with van der Waals surface area (Å²) in [7, 11) is 3.89. The third-order valence-corrected chi connectivity index (χ3v) is 2.69. The summed E-state index contributed by atoms with van der Waals surface area (Å²) in [5.74, 6) is 1.69. The number of imidazole rings is 2. The number of hydrogen-bond donors (Lipinski definition) is 1. The SMILES string of the molecule is Cn1ccnc1-c1cc(-c2nccn2C)[nH]n1. The monoisotopic (exact) mass is 228 g/mol. The van der Waals surface area contributed by atoms with Crippen molar-refractivity contribution < 1.29 is 0 Å². The van der Waals surface area contributed by atoms with Crippen molar-refractivity contribution in [3.63, 3.8) is 0 Å². The first kappa shape index (κ1) is 9.83. The molecule has 0 amide bonds. The van der Waals surface area contributed by atoms with Crippen molar-refractivity contribution in [2.24, 2.45) is 14.1 Å². The molecule has 0 bridgehead atoms. The van der Waals surface area contributed by atoms with Gasteiger partial charge in [-0.05, 0) is 6.07 Å². The van der Waals surface area contributed by atoms with Gasteiger partial charge in [0.05, 0.1) is 0 Å². The van der Waals surface area contributed by atoms with E-state index in [0.717, 1.165) is 23.0 Å². The predicted molar refractivity (Wildman–Crippen MR) is 63.0 cm³/mol. The molecular formula is C11H12N6. The van der Waals surface area contributed by atoms with E-state index in [1.54, 1.807) is 12.4 Å². The molecule has 6 heteroatoms. The Balaban J connectivity index is 2.05. The van der Waals surface area contributed by atoms with Crippen LogP contribution in [0.15, 0.2) is 30.9 Å². The molecule has 0 aliphatic rings. The Kier molecular flexibility index (Phi) is 2.07. The van der Waals surface area contributed by atoms with Gasteiger partial charge in [0.15, 0.2) is 11.6 Å². The van der Waals surface area contributed by atoms with Gasteiger partial charge in [-0.1, -0.05) is 0 Å². The van der Waals surface area contributed by atoms with Gasteiger partial charge in [-0.2, -0.15) is 5.10 Å². The summed E-state index contributed by atoms with van der Waals surface area (Å²) in [5, 5.41) is 7.23. The zero-order chi connectivity index (χ0) is 11.8. The minimum absolute atomic E-state index is 0.815. The van der Waals surface area contributed by atoms with Gasteiger partial charge in [0.2, 0.25) is 0 Å². The van der Waals surface area contributed by atoms with Crippen molar-refractivity contribution in [2.75, 3.05) is 0 Å². The molecule has 0 aromatic carbocycles. The smallest absolute Gasteiger partial charge is 0.160 e. The average Bonchev–Trinajstić information content (AvgIpc) is 2.97. The molecule has 0 aliphatic carbocycles. The van der Waals surface area contributed by atoms with E-state index in [1.807, 2.05) is 41.7 Å². The first-order chi connectivity index (χ1) is 8.25. The van der Waals surface area contributed by atoms with Crippen molar-refractivity contribution in [3.8, 4) is 23.0 Å². The summed E-state index contributed by atoms with van der Waals surface area (Å²) in [6, 6.07) is 1.95. The number of H-pyrrole nitrogens is 1. The molecule has 0 fully saturated rings. The molecule has 0 atom stereocenters. The number of nitrogens with zero attached hydrogens (tertiary/aromatic N) is 5. The van der Waals surface area contributed by atoms with E-state index < -0.39 is 0 Å². The topological polar surface area (TPSA) is 64.3 Å². The van der Waals surface area contributed by atoms with Gasteiger partial charge in [0.1, 0.15) is 11.4 Å². The van der Waals surface area contributed by atoms with E-state index in [2.05, 4.69) is 20.2 Å². The molecule has 0 aliphatic heterocycles. The largest absolute Gasteiger partial charge is 0.333 e. The van der Waals surface area contributed by atoms with Crippen LogP contribution in [0.2, 0.25) is 0 Å². The number of aromatic amines is 1. The Morgan fingerprint density at radius 3 is 2.24 bits per heavy atom. The third-order valence-electron chi connectivity index (χ3n) is 2.69. The Labute approximate surface area is 98.0 Å². The van der Waals surface area contributed by atoms with Crippen LogP contribution < -0.4 is 0 Å². The number of rotatable bonds is 2. The zero-order valence-corrected chi connectivity index (χ0v) is 9.62. The van der Waals surface area contributed by atoms with E-state index >= 15 is 0 Å². The minimum Gasteiger partial charge on any atom is -0.333 e. The summed E-state index contributed by atoms with van der Waals surface area (Å²) in [5.41, 5.74) is 1.70. The van der Waals surface area contributed by atoms with E-state index in [9.17, 15) is 0 Å². The second-order valence-electron chi connectivity index (χ2n) is 3.89. The number of aromatic nitrogens is 6. The normalized spacial score (nSPS) is 10.9. The van der Waals surface area contributed by atoms with Gasteiger partial charge in [-0.3, -0.25) is 5.10 Å². The lowest BCUT2D eigenvalue weighted by Gasteiger charge is -1.96. The highest BCUT2D eigenvalue weighted by molar-refractivity contribution is 5.60. The standard InChI is InChI=1S/C11H12N6/c1-16-5-3-12-10(16)8-7-9(15-14-8)11-13-4-6-17(11)2/h3-7H,1-2H3,(H,14,15). The second kappa shape index (κ2) is 3.58. The Hall–Kier alpha value is -2.37. The quantitative estimate of drug-likeness (QED) is 0.717. The zero-order valence-electron chi connectivity index (χ0n) is 9.62. The van der Waals surface area contributed by atoms with Crippen molar-refractivity contribution in [2.45, 2.75) is 0 Å². The Morgan fingerprint density at radius 2 is 1.65 bits per heavy atom. The fourth-order valence-corrected chi connectivity index (χ4v) is 1.79. The molecule has 0 radical (unpaired) electrons. The predicted octanol–water partition coefficient (Wildman–Crippen LogP) is 1.21. The van der Waals surface area contributed by atoms with Gasteiger partial charge in [0.25, 0.3) is 0 Å². The van der Waals surface area contributed by atoms with Crippen LogP contribution in [-0.2, 0) is 14.1 Å². The third kappa shape index (κ3) is 1.54. The molecule has 1 N–H and O–H groups in total. The minimum atomic E-state index is 0.815. The summed E-state index contributed by atoms with van der Waals surface area (Å²) in [4.78, 5) is 8.52. The number of aryl methyl sites for hydroxylation is 2. The lowest BCUT2D eigenvalue weighted by atomic mass is 10.3. The molecule has 6 nitrogen and oxygen atoms in total. The molecule has 0 saturated heterocycles. The summed E-state index contributed by atoms with van der Waals surface area (Å²) in [6.45, 7) is 0.